The molecule has 1 aliphatic carbocycles. The Morgan fingerprint density at radius 1 is 1.00 bits per heavy atom. The quantitative estimate of drug-likeness (QED) is 0.430. The summed E-state index contributed by atoms with van der Waals surface area (Å²) >= 11 is 0. The highest BCUT2D eigenvalue weighted by Crippen LogP contribution is 2.27. The molecular formula is C28H31NO5. The van der Waals surface area contributed by atoms with E-state index in [0.717, 1.165) is 30.6 Å². The molecule has 3 aromatic carbocycles. The van der Waals surface area contributed by atoms with Gasteiger partial charge in [0, 0.05) is 12.6 Å². The highest BCUT2D eigenvalue weighted by Gasteiger charge is 2.20. The van der Waals surface area contributed by atoms with Crippen LogP contribution in [0.4, 0.5) is 0 Å². The zero-order chi connectivity index (χ0) is 23.8. The number of ether oxygens (including phenoxy) is 3. The van der Waals surface area contributed by atoms with Crippen LogP contribution in [0.5, 0.6) is 17.2 Å². The van der Waals surface area contributed by atoms with Gasteiger partial charge in [-0.05, 0) is 79.3 Å². The molecule has 178 valence electrons. The average Bonchev–Trinajstić information content (AvgIpc) is 2.86. The number of rotatable bonds is 10. The van der Waals surface area contributed by atoms with Crippen molar-refractivity contribution in [3.63, 3.8) is 0 Å². The third kappa shape index (κ3) is 6.59. The summed E-state index contributed by atoms with van der Waals surface area (Å²) in [5, 5.41) is 14.3. The topological polar surface area (TPSA) is 77.0 Å². The fraction of sp³-hybridized carbons (Fsp3) is 0.321. The lowest BCUT2D eigenvalue weighted by molar-refractivity contribution is -0.145. The fourth-order valence-electron chi connectivity index (χ4n) is 4.15. The number of esters is 1. The van der Waals surface area contributed by atoms with Gasteiger partial charge in [0.2, 0.25) is 0 Å². The molecule has 0 heterocycles. The first-order valence-corrected chi connectivity index (χ1v) is 11.7. The molecule has 1 unspecified atom stereocenters. The lowest BCUT2D eigenvalue weighted by atomic mass is 9.88. The number of carbonyl (C=O) groups excluding carboxylic acids is 1. The number of hydrogen-bond donors (Lipinski definition) is 2. The molecule has 34 heavy (non-hydrogen) atoms. The van der Waals surface area contributed by atoms with E-state index in [4.69, 9.17) is 14.2 Å². The summed E-state index contributed by atoms with van der Waals surface area (Å²) in [5.41, 5.74) is 3.32. The molecule has 0 fully saturated rings. The van der Waals surface area contributed by atoms with Crippen molar-refractivity contribution < 1.29 is 24.1 Å². The number of para-hydroxylation sites is 1. The monoisotopic (exact) mass is 461 g/mol. The maximum atomic E-state index is 11.5. The second-order valence-corrected chi connectivity index (χ2v) is 8.38. The van der Waals surface area contributed by atoms with E-state index in [2.05, 4.69) is 11.4 Å². The molecule has 0 saturated heterocycles. The Morgan fingerprint density at radius 2 is 1.82 bits per heavy atom. The van der Waals surface area contributed by atoms with Crippen LogP contribution in [0.1, 0.15) is 36.1 Å². The smallest absolute Gasteiger partial charge is 0.344 e. The van der Waals surface area contributed by atoms with Gasteiger partial charge in [-0.2, -0.15) is 0 Å². The average molecular weight is 462 g/mol. The zero-order valence-corrected chi connectivity index (χ0v) is 19.4. The number of benzene rings is 3. The Balaban J connectivity index is 1.30. The summed E-state index contributed by atoms with van der Waals surface area (Å²) in [5.74, 6) is 1.76. The van der Waals surface area contributed by atoms with Gasteiger partial charge in [-0.1, -0.05) is 36.4 Å². The molecule has 3 aromatic rings. The standard InChI is InChI=1S/C28H31NO5/c1-2-32-28(31)19-33-25-14-12-20-11-13-23(15-22(20)17-25)29-18-27(30)21-7-6-10-26(16-21)34-24-8-4-3-5-9-24/h3-10,12,14,16-17,23,27,29-30H,2,11,13,15,18-19H2,1H3/t23?,27-/m1/s1. The number of aliphatic hydroxyl groups excluding tert-OH is 1. The molecule has 0 amide bonds. The van der Waals surface area contributed by atoms with Gasteiger partial charge in [-0.25, -0.2) is 4.79 Å². The van der Waals surface area contributed by atoms with Gasteiger partial charge in [-0.15, -0.1) is 0 Å². The van der Waals surface area contributed by atoms with Crippen LogP contribution in [-0.2, 0) is 22.4 Å². The lowest BCUT2D eigenvalue weighted by Gasteiger charge is -2.27. The summed E-state index contributed by atoms with van der Waals surface area (Å²) in [7, 11) is 0. The minimum atomic E-state index is -0.639. The van der Waals surface area contributed by atoms with Crippen LogP contribution in [0.15, 0.2) is 72.8 Å². The van der Waals surface area contributed by atoms with Crippen LogP contribution >= 0.6 is 0 Å². The number of fused-ring (bicyclic) bond motifs is 1. The molecule has 1 aliphatic rings. The number of hydrogen-bond acceptors (Lipinski definition) is 6. The minimum Gasteiger partial charge on any atom is -0.482 e. The van der Waals surface area contributed by atoms with Crippen molar-refractivity contribution >= 4 is 5.97 Å². The van der Waals surface area contributed by atoms with Crippen molar-refractivity contribution in [2.24, 2.45) is 0 Å². The molecule has 0 aromatic heterocycles. The van der Waals surface area contributed by atoms with Crippen molar-refractivity contribution in [2.45, 2.75) is 38.3 Å². The Labute approximate surface area is 200 Å². The van der Waals surface area contributed by atoms with Gasteiger partial charge in [0.25, 0.3) is 0 Å². The van der Waals surface area contributed by atoms with Gasteiger partial charge in [0.15, 0.2) is 6.61 Å². The normalized spacial score (nSPS) is 15.8. The highest BCUT2D eigenvalue weighted by molar-refractivity contribution is 5.71. The van der Waals surface area contributed by atoms with Crippen molar-refractivity contribution in [1.29, 1.82) is 0 Å². The zero-order valence-electron chi connectivity index (χ0n) is 19.4. The molecule has 0 bridgehead atoms. The molecule has 6 heteroatoms. The van der Waals surface area contributed by atoms with Gasteiger partial charge >= 0.3 is 5.97 Å². The summed E-state index contributed by atoms with van der Waals surface area (Å²) < 4.78 is 16.4. The van der Waals surface area contributed by atoms with Crippen LogP contribution in [-0.4, -0.2) is 36.9 Å². The van der Waals surface area contributed by atoms with E-state index in [-0.39, 0.29) is 18.6 Å². The lowest BCUT2D eigenvalue weighted by Crippen LogP contribution is -2.37. The Bertz CT molecular complexity index is 1090. The predicted octanol–water partition coefficient (Wildman–Crippen LogP) is 4.60. The largest absolute Gasteiger partial charge is 0.482 e. The number of aryl methyl sites for hydroxylation is 1. The van der Waals surface area contributed by atoms with Crippen LogP contribution in [0, 0.1) is 0 Å². The molecule has 0 spiro atoms. The predicted molar refractivity (Wildman–Crippen MR) is 130 cm³/mol. The van der Waals surface area contributed by atoms with Crippen molar-refractivity contribution in [2.75, 3.05) is 19.8 Å². The van der Waals surface area contributed by atoms with Crippen LogP contribution in [0.2, 0.25) is 0 Å². The van der Waals surface area contributed by atoms with Crippen molar-refractivity contribution in [3.8, 4) is 17.2 Å². The first-order chi connectivity index (χ1) is 16.6. The molecule has 0 radical (unpaired) electrons. The van der Waals surface area contributed by atoms with Gasteiger partial charge < -0.3 is 24.6 Å². The molecule has 0 aliphatic heterocycles. The molecule has 6 nitrogen and oxygen atoms in total. The van der Waals surface area contributed by atoms with Gasteiger partial charge in [-0.3, -0.25) is 0 Å². The SMILES string of the molecule is CCOC(=O)COc1ccc2c(c1)CC(NC[C@@H](O)c1cccc(Oc3ccccc3)c1)CC2. The Morgan fingerprint density at radius 3 is 2.65 bits per heavy atom. The van der Waals surface area contributed by atoms with Crippen LogP contribution in [0.3, 0.4) is 0 Å². The second kappa shape index (κ2) is 11.7. The van der Waals surface area contributed by atoms with Crippen molar-refractivity contribution in [1.82, 2.24) is 5.32 Å². The Hall–Kier alpha value is -3.35. The first-order valence-electron chi connectivity index (χ1n) is 11.7. The van der Waals surface area contributed by atoms with E-state index < -0.39 is 6.10 Å². The number of carbonyl (C=O) groups is 1. The maximum Gasteiger partial charge on any atom is 0.344 e. The van der Waals surface area contributed by atoms with E-state index in [9.17, 15) is 9.90 Å². The summed E-state index contributed by atoms with van der Waals surface area (Å²) in [6.45, 7) is 2.48. The molecule has 2 atom stereocenters. The molecular weight excluding hydrogens is 430 g/mol. The van der Waals surface area contributed by atoms with E-state index >= 15 is 0 Å². The number of aliphatic hydroxyl groups is 1. The summed E-state index contributed by atoms with van der Waals surface area (Å²) in [6.07, 6.45) is 2.16. The maximum absolute atomic E-state index is 11.5. The minimum absolute atomic E-state index is 0.0897. The van der Waals surface area contributed by atoms with E-state index in [1.165, 1.54) is 11.1 Å². The molecule has 2 N–H and O–H groups in total. The molecule has 4 rings (SSSR count). The number of nitrogens with one attached hydrogen (secondary N) is 1. The van der Waals surface area contributed by atoms with Crippen LogP contribution in [0.25, 0.3) is 0 Å². The van der Waals surface area contributed by atoms with Crippen molar-refractivity contribution in [3.05, 3.63) is 89.5 Å². The summed E-state index contributed by atoms with van der Waals surface area (Å²) in [4.78, 5) is 11.5. The van der Waals surface area contributed by atoms with E-state index in [1.54, 1.807) is 6.92 Å². The van der Waals surface area contributed by atoms with E-state index in [0.29, 0.717) is 24.7 Å². The second-order valence-electron chi connectivity index (χ2n) is 8.38. The first kappa shape index (κ1) is 23.8. The third-order valence-corrected chi connectivity index (χ3v) is 5.89. The van der Waals surface area contributed by atoms with Gasteiger partial charge in [0.05, 0.1) is 12.7 Å². The highest BCUT2D eigenvalue weighted by atomic mass is 16.6. The van der Waals surface area contributed by atoms with Gasteiger partial charge in [0.1, 0.15) is 17.2 Å². The van der Waals surface area contributed by atoms with E-state index in [1.807, 2.05) is 66.7 Å². The summed E-state index contributed by atoms with van der Waals surface area (Å²) in [6, 6.07) is 23.4. The fourth-order valence-corrected chi connectivity index (χ4v) is 4.15. The third-order valence-electron chi connectivity index (χ3n) is 5.89. The Kier molecular flexibility index (Phi) is 8.17. The molecule has 0 saturated carbocycles. The van der Waals surface area contributed by atoms with Crippen LogP contribution < -0.4 is 14.8 Å².